The van der Waals surface area contributed by atoms with Crippen LogP contribution in [0.5, 0.6) is 0 Å². The largest absolute Gasteiger partial charge is 0.325 e. The van der Waals surface area contributed by atoms with Gasteiger partial charge in [-0.05, 0) is 42.5 Å². The highest BCUT2D eigenvalue weighted by Crippen LogP contribution is 2.11. The molecule has 0 unspecified atom stereocenters. The highest BCUT2D eigenvalue weighted by atomic mass is 19.1. The number of nitrogens with one attached hydrogen (secondary N) is 2. The van der Waals surface area contributed by atoms with Crippen LogP contribution in [0.15, 0.2) is 52.1 Å². The molecule has 0 bridgehead atoms. The summed E-state index contributed by atoms with van der Waals surface area (Å²) in [6.07, 6.45) is 0. The molecule has 0 spiro atoms. The Morgan fingerprint density at radius 2 is 1.71 bits per heavy atom. The molecule has 0 fully saturated rings. The highest BCUT2D eigenvalue weighted by molar-refractivity contribution is 5.91. The lowest BCUT2D eigenvalue weighted by atomic mass is 10.2. The minimum atomic E-state index is -0.956. The number of hydrogen-bond acceptors (Lipinski definition) is 3. The number of H-pyrrole nitrogens is 1. The monoisotopic (exact) mass is 331 g/mol. The van der Waals surface area contributed by atoms with Gasteiger partial charge in [-0.2, -0.15) is 0 Å². The van der Waals surface area contributed by atoms with Gasteiger partial charge >= 0.3 is 11.1 Å². The van der Waals surface area contributed by atoms with Crippen LogP contribution in [0, 0.1) is 11.6 Å². The van der Waals surface area contributed by atoms with E-state index < -0.39 is 35.2 Å². The van der Waals surface area contributed by atoms with Crippen molar-refractivity contribution in [2.75, 3.05) is 5.32 Å². The summed E-state index contributed by atoms with van der Waals surface area (Å²) in [6.45, 7) is -0.442. The van der Waals surface area contributed by atoms with Gasteiger partial charge in [0.05, 0.1) is 11.0 Å². The summed E-state index contributed by atoms with van der Waals surface area (Å²) < 4.78 is 27.1. The van der Waals surface area contributed by atoms with Crippen molar-refractivity contribution in [3.05, 3.63) is 74.8 Å². The number of benzene rings is 2. The van der Waals surface area contributed by atoms with E-state index in [2.05, 4.69) is 10.3 Å². The zero-order chi connectivity index (χ0) is 17.3. The number of anilines is 1. The summed E-state index contributed by atoms with van der Waals surface area (Å²) in [5.41, 5.74) is -1.22. The molecule has 2 aromatic carbocycles. The summed E-state index contributed by atoms with van der Waals surface area (Å²) in [5, 5.41) is 2.49. The van der Waals surface area contributed by atoms with E-state index in [1.165, 1.54) is 30.3 Å². The van der Waals surface area contributed by atoms with Crippen LogP contribution in [-0.4, -0.2) is 15.5 Å². The van der Waals surface area contributed by atoms with E-state index in [0.29, 0.717) is 5.69 Å². The number of carbonyl (C=O) groups excluding carboxylic acids is 1. The Bertz CT molecular complexity index is 1040. The number of carbonyl (C=O) groups is 1. The average Bonchev–Trinajstić information content (AvgIpc) is 2.54. The summed E-state index contributed by atoms with van der Waals surface area (Å²) in [7, 11) is 0. The Hall–Kier alpha value is -3.29. The minimum Gasteiger partial charge on any atom is -0.325 e. The van der Waals surface area contributed by atoms with Gasteiger partial charge in [0.15, 0.2) is 0 Å². The van der Waals surface area contributed by atoms with E-state index in [1.807, 2.05) is 0 Å². The van der Waals surface area contributed by atoms with Gasteiger partial charge in [-0.3, -0.25) is 19.0 Å². The molecule has 8 heteroatoms. The molecule has 1 aromatic heterocycles. The van der Waals surface area contributed by atoms with Crippen LogP contribution in [0.4, 0.5) is 14.5 Å². The van der Waals surface area contributed by atoms with Crippen LogP contribution in [0.25, 0.3) is 11.0 Å². The fourth-order valence-electron chi connectivity index (χ4n) is 2.29. The number of hydrogen-bond donors (Lipinski definition) is 2. The predicted molar refractivity (Wildman–Crippen MR) is 83.8 cm³/mol. The SMILES string of the molecule is O=C(Cn1c(=O)c(=O)[nH]c2cc(F)ccc21)Nc1ccc(F)cc1. The van der Waals surface area contributed by atoms with Gasteiger partial charge in [0.25, 0.3) is 0 Å². The Balaban J connectivity index is 1.95. The molecule has 1 heterocycles. The molecule has 0 saturated carbocycles. The third kappa shape index (κ3) is 3.07. The molecule has 0 aliphatic heterocycles. The normalized spacial score (nSPS) is 10.8. The van der Waals surface area contributed by atoms with Crippen molar-refractivity contribution in [1.29, 1.82) is 0 Å². The van der Waals surface area contributed by atoms with Crippen LogP contribution < -0.4 is 16.4 Å². The molecule has 3 rings (SSSR count). The fourth-order valence-corrected chi connectivity index (χ4v) is 2.29. The lowest BCUT2D eigenvalue weighted by molar-refractivity contribution is -0.116. The van der Waals surface area contributed by atoms with Gasteiger partial charge < -0.3 is 10.3 Å². The van der Waals surface area contributed by atoms with Gasteiger partial charge in [-0.25, -0.2) is 8.78 Å². The Morgan fingerprint density at radius 3 is 2.42 bits per heavy atom. The molecule has 0 saturated heterocycles. The molecular weight excluding hydrogens is 320 g/mol. The Labute approximate surface area is 133 Å². The molecule has 0 radical (unpaired) electrons. The van der Waals surface area contributed by atoms with Crippen molar-refractivity contribution in [2.24, 2.45) is 0 Å². The number of aromatic amines is 1. The number of fused-ring (bicyclic) bond motifs is 1. The van der Waals surface area contributed by atoms with Gasteiger partial charge in [0, 0.05) is 5.69 Å². The van der Waals surface area contributed by atoms with Crippen LogP contribution in [-0.2, 0) is 11.3 Å². The first kappa shape index (κ1) is 15.6. The van der Waals surface area contributed by atoms with Gasteiger partial charge in [-0.15, -0.1) is 0 Å². The lowest BCUT2D eigenvalue weighted by Gasteiger charge is -2.10. The molecule has 2 N–H and O–H groups in total. The van der Waals surface area contributed by atoms with Crippen molar-refractivity contribution in [2.45, 2.75) is 6.54 Å². The van der Waals surface area contributed by atoms with Crippen molar-refractivity contribution in [3.63, 3.8) is 0 Å². The highest BCUT2D eigenvalue weighted by Gasteiger charge is 2.12. The van der Waals surface area contributed by atoms with Gasteiger partial charge in [-0.1, -0.05) is 0 Å². The average molecular weight is 331 g/mol. The fraction of sp³-hybridized carbons (Fsp3) is 0.0625. The van der Waals surface area contributed by atoms with Crippen molar-refractivity contribution in [3.8, 4) is 0 Å². The van der Waals surface area contributed by atoms with E-state index >= 15 is 0 Å². The quantitative estimate of drug-likeness (QED) is 0.715. The zero-order valence-corrected chi connectivity index (χ0v) is 12.2. The maximum absolute atomic E-state index is 13.3. The molecule has 0 aliphatic carbocycles. The molecule has 1 amide bonds. The summed E-state index contributed by atoms with van der Waals surface area (Å²) in [5.74, 6) is -1.62. The first-order chi connectivity index (χ1) is 11.4. The number of amides is 1. The van der Waals surface area contributed by atoms with Crippen LogP contribution >= 0.6 is 0 Å². The third-order valence-corrected chi connectivity index (χ3v) is 3.37. The first-order valence-corrected chi connectivity index (χ1v) is 6.92. The van der Waals surface area contributed by atoms with Gasteiger partial charge in [0.1, 0.15) is 18.2 Å². The van der Waals surface area contributed by atoms with Crippen molar-refractivity contribution in [1.82, 2.24) is 9.55 Å². The number of rotatable bonds is 3. The zero-order valence-electron chi connectivity index (χ0n) is 12.2. The second-order valence-electron chi connectivity index (χ2n) is 5.06. The minimum absolute atomic E-state index is 0.106. The van der Waals surface area contributed by atoms with E-state index in [0.717, 1.165) is 16.7 Å². The van der Waals surface area contributed by atoms with Crippen LogP contribution in [0.3, 0.4) is 0 Å². The smallest absolute Gasteiger partial charge is 0.317 e. The second kappa shape index (κ2) is 6.07. The lowest BCUT2D eigenvalue weighted by Crippen LogP contribution is -2.38. The van der Waals surface area contributed by atoms with E-state index in [9.17, 15) is 23.2 Å². The third-order valence-electron chi connectivity index (χ3n) is 3.37. The van der Waals surface area contributed by atoms with E-state index in [4.69, 9.17) is 0 Å². The molecule has 24 heavy (non-hydrogen) atoms. The molecule has 0 atom stereocenters. The summed E-state index contributed by atoms with van der Waals surface area (Å²) in [4.78, 5) is 38.0. The van der Waals surface area contributed by atoms with Crippen molar-refractivity contribution < 1.29 is 13.6 Å². The van der Waals surface area contributed by atoms with E-state index in [-0.39, 0.29) is 11.0 Å². The van der Waals surface area contributed by atoms with Gasteiger partial charge in [0.2, 0.25) is 5.91 Å². The molecule has 0 aliphatic rings. The summed E-state index contributed by atoms with van der Waals surface area (Å²) >= 11 is 0. The first-order valence-electron chi connectivity index (χ1n) is 6.92. The molecule has 3 aromatic rings. The molecule has 6 nitrogen and oxygen atoms in total. The number of halogens is 2. The number of nitrogens with zero attached hydrogens (tertiary/aromatic N) is 1. The molecular formula is C16H11F2N3O3. The van der Waals surface area contributed by atoms with E-state index in [1.54, 1.807) is 0 Å². The van der Waals surface area contributed by atoms with Crippen molar-refractivity contribution >= 4 is 22.6 Å². The standard InChI is InChI=1S/C16H11F2N3O3/c17-9-1-4-11(5-2-9)19-14(22)8-21-13-6-3-10(18)7-12(13)20-15(23)16(21)24/h1-7H,8H2,(H,19,22)(H,20,23). The second-order valence-corrected chi connectivity index (χ2v) is 5.06. The Kier molecular flexibility index (Phi) is 3.95. The maximum Gasteiger partial charge on any atom is 0.317 e. The Morgan fingerprint density at radius 1 is 1.04 bits per heavy atom. The topological polar surface area (TPSA) is 84.0 Å². The maximum atomic E-state index is 13.3. The van der Waals surface area contributed by atoms with Crippen LogP contribution in [0.1, 0.15) is 0 Å². The number of aromatic nitrogens is 2. The molecule has 122 valence electrons. The summed E-state index contributed by atoms with van der Waals surface area (Å²) in [6, 6.07) is 8.55. The predicted octanol–water partition coefficient (Wildman–Crippen LogP) is 1.61. The van der Waals surface area contributed by atoms with Crippen LogP contribution in [0.2, 0.25) is 0 Å².